The number of ketones is 1. The minimum Gasteiger partial charge on any atom is -0.294 e. The third-order valence-corrected chi connectivity index (χ3v) is 2.09. The number of Topliss-reactive ketones (excluding diaryl/α,β-unsaturated/α-hetero) is 1. The maximum atomic E-state index is 13.2. The van der Waals surface area contributed by atoms with Gasteiger partial charge in [0.25, 0.3) is 0 Å². The van der Waals surface area contributed by atoms with E-state index in [0.29, 0.717) is 6.42 Å². The molecule has 2 nitrogen and oxygen atoms in total. The zero-order valence-corrected chi connectivity index (χ0v) is 8.10. The lowest BCUT2D eigenvalue weighted by atomic mass is 9.96. The molecule has 0 unspecified atom stereocenters. The summed E-state index contributed by atoms with van der Waals surface area (Å²) in [5.74, 6) is -0.896. The van der Waals surface area contributed by atoms with Crippen LogP contribution in [-0.2, 0) is 6.42 Å². The number of hydrogen-bond donors (Lipinski definition) is 0. The lowest BCUT2D eigenvalue weighted by molar-refractivity contribution is 0.101. The molecule has 0 aliphatic rings. The monoisotopic (exact) mass is 191 g/mol. The second-order valence-corrected chi connectivity index (χ2v) is 2.98. The van der Waals surface area contributed by atoms with Crippen LogP contribution in [-0.4, -0.2) is 5.78 Å². The summed E-state index contributed by atoms with van der Waals surface area (Å²) in [5, 5.41) is 8.73. The quantitative estimate of drug-likeness (QED) is 0.674. The molecule has 0 atom stereocenters. The van der Waals surface area contributed by atoms with Crippen LogP contribution in [0, 0.1) is 17.1 Å². The van der Waals surface area contributed by atoms with Gasteiger partial charge in [-0.2, -0.15) is 5.26 Å². The van der Waals surface area contributed by atoms with E-state index in [2.05, 4.69) is 0 Å². The third-order valence-electron chi connectivity index (χ3n) is 2.09. The first-order chi connectivity index (χ1) is 6.61. The largest absolute Gasteiger partial charge is 0.294 e. The average molecular weight is 191 g/mol. The van der Waals surface area contributed by atoms with Crippen LogP contribution in [0.25, 0.3) is 0 Å². The summed E-state index contributed by atoms with van der Waals surface area (Å²) in [5.41, 5.74) is 0.794. The van der Waals surface area contributed by atoms with Crippen LogP contribution < -0.4 is 0 Å². The minimum absolute atomic E-state index is 0.142. The number of carbonyl (C=O) groups excluding carboxylic acids is 1. The van der Waals surface area contributed by atoms with E-state index in [1.54, 1.807) is 12.1 Å². The fourth-order valence-corrected chi connectivity index (χ4v) is 1.43. The molecule has 1 rings (SSSR count). The van der Waals surface area contributed by atoms with E-state index in [4.69, 9.17) is 5.26 Å². The van der Waals surface area contributed by atoms with E-state index >= 15 is 0 Å². The average Bonchev–Trinajstić information content (AvgIpc) is 2.17. The Morgan fingerprint density at radius 1 is 1.57 bits per heavy atom. The summed E-state index contributed by atoms with van der Waals surface area (Å²) in [7, 11) is 0. The first kappa shape index (κ1) is 10.4. The number of aryl methyl sites for hydroxylation is 1. The highest BCUT2D eigenvalue weighted by atomic mass is 19.1. The molecular formula is C11H10FNO. The van der Waals surface area contributed by atoms with Gasteiger partial charge in [0.2, 0.25) is 0 Å². The molecule has 0 amide bonds. The van der Waals surface area contributed by atoms with Crippen molar-refractivity contribution in [2.75, 3.05) is 0 Å². The molecule has 3 heteroatoms. The normalized spacial score (nSPS) is 9.57. The van der Waals surface area contributed by atoms with Gasteiger partial charge in [0.05, 0.1) is 5.56 Å². The topological polar surface area (TPSA) is 40.9 Å². The summed E-state index contributed by atoms with van der Waals surface area (Å²) in [6, 6.07) is 4.50. The second-order valence-electron chi connectivity index (χ2n) is 2.98. The SMILES string of the molecule is CCc1ccc(F)c(C#N)c1C(C)=O. The van der Waals surface area contributed by atoms with Crippen LogP contribution >= 0.6 is 0 Å². The smallest absolute Gasteiger partial charge is 0.161 e. The molecule has 0 N–H and O–H groups in total. The van der Waals surface area contributed by atoms with Crippen LogP contribution in [0.15, 0.2) is 12.1 Å². The molecule has 0 saturated carbocycles. The summed E-state index contributed by atoms with van der Waals surface area (Å²) < 4.78 is 13.2. The maximum Gasteiger partial charge on any atom is 0.161 e. The summed E-state index contributed by atoms with van der Waals surface area (Å²) in [4.78, 5) is 11.2. The van der Waals surface area contributed by atoms with Crippen molar-refractivity contribution in [3.8, 4) is 6.07 Å². The first-order valence-corrected chi connectivity index (χ1v) is 4.34. The van der Waals surface area contributed by atoms with Gasteiger partial charge in [-0.3, -0.25) is 4.79 Å². The number of carbonyl (C=O) groups is 1. The summed E-state index contributed by atoms with van der Waals surface area (Å²) in [6.45, 7) is 3.20. The Bertz CT molecular complexity index is 418. The van der Waals surface area contributed by atoms with Crippen molar-refractivity contribution in [1.29, 1.82) is 5.26 Å². The zero-order valence-electron chi connectivity index (χ0n) is 8.10. The maximum absolute atomic E-state index is 13.2. The molecule has 0 aliphatic carbocycles. The Kier molecular flexibility index (Phi) is 2.98. The molecule has 0 aliphatic heterocycles. The Morgan fingerprint density at radius 2 is 2.21 bits per heavy atom. The van der Waals surface area contributed by atoms with Gasteiger partial charge >= 0.3 is 0 Å². The molecule has 0 bridgehead atoms. The molecule has 0 saturated heterocycles. The highest BCUT2D eigenvalue weighted by Gasteiger charge is 2.15. The third kappa shape index (κ3) is 1.64. The lowest BCUT2D eigenvalue weighted by Crippen LogP contribution is -2.04. The van der Waals surface area contributed by atoms with E-state index in [9.17, 15) is 9.18 Å². The number of rotatable bonds is 2. The number of hydrogen-bond acceptors (Lipinski definition) is 2. The van der Waals surface area contributed by atoms with Crippen LogP contribution in [0.3, 0.4) is 0 Å². The number of halogens is 1. The molecule has 72 valence electrons. The molecule has 0 aromatic heterocycles. The van der Waals surface area contributed by atoms with Gasteiger partial charge in [-0.15, -0.1) is 0 Å². The van der Waals surface area contributed by atoms with Crippen LogP contribution in [0.5, 0.6) is 0 Å². The van der Waals surface area contributed by atoms with E-state index in [1.807, 2.05) is 6.92 Å². The van der Waals surface area contributed by atoms with Crippen LogP contribution in [0.4, 0.5) is 4.39 Å². The molecule has 0 fully saturated rings. The lowest BCUT2D eigenvalue weighted by Gasteiger charge is -2.06. The predicted octanol–water partition coefficient (Wildman–Crippen LogP) is 2.46. The van der Waals surface area contributed by atoms with Crippen molar-refractivity contribution in [3.63, 3.8) is 0 Å². The Balaban J connectivity index is 3.54. The van der Waals surface area contributed by atoms with Crippen molar-refractivity contribution >= 4 is 5.78 Å². The van der Waals surface area contributed by atoms with E-state index < -0.39 is 5.82 Å². The minimum atomic E-state index is -0.630. The number of nitrogens with zero attached hydrogens (tertiary/aromatic N) is 1. The molecule has 0 spiro atoms. The highest BCUT2D eigenvalue weighted by molar-refractivity contribution is 5.98. The van der Waals surface area contributed by atoms with Crippen LogP contribution in [0.1, 0.15) is 35.3 Å². The molecule has 1 aromatic rings. The van der Waals surface area contributed by atoms with Crippen molar-refractivity contribution in [1.82, 2.24) is 0 Å². The van der Waals surface area contributed by atoms with Gasteiger partial charge in [-0.1, -0.05) is 13.0 Å². The van der Waals surface area contributed by atoms with Crippen LogP contribution in [0.2, 0.25) is 0 Å². The van der Waals surface area contributed by atoms with Gasteiger partial charge < -0.3 is 0 Å². The van der Waals surface area contributed by atoms with Gasteiger partial charge in [0.1, 0.15) is 11.9 Å². The second kappa shape index (κ2) is 4.01. The predicted molar refractivity (Wildman–Crippen MR) is 50.5 cm³/mol. The standard InChI is InChI=1S/C11H10FNO/c1-3-8-4-5-10(12)9(6-13)11(8)7(2)14/h4-5H,3H2,1-2H3. The number of nitriles is 1. The van der Waals surface area contributed by atoms with Gasteiger partial charge in [0, 0.05) is 5.56 Å². The Hall–Kier alpha value is -1.69. The van der Waals surface area contributed by atoms with Crippen molar-refractivity contribution in [2.45, 2.75) is 20.3 Å². The van der Waals surface area contributed by atoms with Crippen molar-refractivity contribution in [3.05, 3.63) is 34.6 Å². The van der Waals surface area contributed by atoms with Crippen molar-refractivity contribution < 1.29 is 9.18 Å². The summed E-state index contributed by atoms with van der Waals surface area (Å²) >= 11 is 0. The van der Waals surface area contributed by atoms with Crippen molar-refractivity contribution in [2.24, 2.45) is 0 Å². The van der Waals surface area contributed by atoms with Gasteiger partial charge in [-0.05, 0) is 25.0 Å². The summed E-state index contributed by atoms with van der Waals surface area (Å²) in [6.07, 6.45) is 0.615. The Morgan fingerprint density at radius 3 is 2.64 bits per heavy atom. The fourth-order valence-electron chi connectivity index (χ4n) is 1.43. The highest BCUT2D eigenvalue weighted by Crippen LogP contribution is 2.18. The van der Waals surface area contributed by atoms with Gasteiger partial charge in [-0.25, -0.2) is 4.39 Å². The van der Waals surface area contributed by atoms with E-state index in [1.165, 1.54) is 13.0 Å². The van der Waals surface area contributed by atoms with E-state index in [0.717, 1.165) is 5.56 Å². The molecule has 14 heavy (non-hydrogen) atoms. The first-order valence-electron chi connectivity index (χ1n) is 4.34. The fraction of sp³-hybridized carbons (Fsp3) is 0.273. The van der Waals surface area contributed by atoms with E-state index in [-0.39, 0.29) is 16.9 Å². The Labute approximate surface area is 82.0 Å². The molecule has 0 radical (unpaired) electrons. The molecular weight excluding hydrogens is 181 g/mol. The number of benzene rings is 1. The van der Waals surface area contributed by atoms with Gasteiger partial charge in [0.15, 0.2) is 5.78 Å². The molecule has 0 heterocycles. The zero-order chi connectivity index (χ0) is 10.7. The molecule has 1 aromatic carbocycles.